The summed E-state index contributed by atoms with van der Waals surface area (Å²) in [6.45, 7) is 17.0. The van der Waals surface area contributed by atoms with Gasteiger partial charge in [-0.1, -0.05) is 26.8 Å². The molecule has 2 fully saturated rings. The van der Waals surface area contributed by atoms with Gasteiger partial charge >= 0.3 is 6.09 Å². The number of nitriles is 1. The van der Waals surface area contributed by atoms with E-state index >= 15 is 0 Å². The van der Waals surface area contributed by atoms with Crippen molar-refractivity contribution in [3.05, 3.63) is 60.0 Å². The fraction of sp³-hybridized carbons (Fsp3) is 0.500. The second-order valence-corrected chi connectivity index (χ2v) is 20.7. The van der Waals surface area contributed by atoms with Crippen molar-refractivity contribution in [2.24, 2.45) is 0 Å². The van der Waals surface area contributed by atoms with Crippen LogP contribution in [0.4, 0.5) is 10.6 Å². The molecular formula is C38H48N6O3Si. The minimum Gasteiger partial charge on any atom is -0.444 e. The van der Waals surface area contributed by atoms with Crippen molar-refractivity contribution in [2.45, 2.75) is 122 Å². The molecule has 4 aromatic rings. The average molecular weight is 665 g/mol. The zero-order valence-corrected chi connectivity index (χ0v) is 30.6. The first-order chi connectivity index (χ1) is 22.6. The van der Waals surface area contributed by atoms with Gasteiger partial charge in [-0.2, -0.15) is 5.26 Å². The summed E-state index contributed by atoms with van der Waals surface area (Å²) in [5, 5.41) is 13.0. The molecule has 2 aliphatic carbocycles. The number of hydrogen-bond donors (Lipinski definition) is 1. The Labute approximate surface area is 285 Å². The fourth-order valence-corrected chi connectivity index (χ4v) is 7.73. The zero-order valence-electron chi connectivity index (χ0n) is 29.6. The summed E-state index contributed by atoms with van der Waals surface area (Å²) in [7, 11) is -1.79. The van der Waals surface area contributed by atoms with Gasteiger partial charge in [0, 0.05) is 23.9 Å². The van der Waals surface area contributed by atoms with Crippen LogP contribution < -0.4 is 5.32 Å². The van der Waals surface area contributed by atoms with E-state index in [0.717, 1.165) is 66.4 Å². The maximum Gasteiger partial charge on any atom is 0.413 e. The molecule has 1 N–H and O–H groups in total. The molecule has 6 rings (SSSR count). The third kappa shape index (κ3) is 7.32. The van der Waals surface area contributed by atoms with Crippen LogP contribution in [0.1, 0.15) is 103 Å². The van der Waals surface area contributed by atoms with Crippen LogP contribution in [0.2, 0.25) is 18.1 Å². The highest BCUT2D eigenvalue weighted by molar-refractivity contribution is 6.74. The normalized spacial score (nSPS) is 18.8. The number of benzene rings is 1. The first kappa shape index (κ1) is 33.8. The molecule has 9 nitrogen and oxygen atoms in total. The Bertz CT molecular complexity index is 1870. The second kappa shape index (κ2) is 12.8. The monoisotopic (exact) mass is 664 g/mol. The van der Waals surface area contributed by atoms with Gasteiger partial charge < -0.3 is 13.7 Å². The molecule has 0 saturated heterocycles. The van der Waals surface area contributed by atoms with E-state index in [1.807, 2.05) is 12.4 Å². The number of carbonyl (C=O) groups excluding carboxylic acids is 1. The zero-order chi connectivity index (χ0) is 34.4. The van der Waals surface area contributed by atoms with Crippen LogP contribution in [0.25, 0.3) is 33.5 Å². The molecular weight excluding hydrogens is 617 g/mol. The lowest BCUT2D eigenvalue weighted by Gasteiger charge is -2.41. The summed E-state index contributed by atoms with van der Waals surface area (Å²) >= 11 is 0. The quantitative estimate of drug-likeness (QED) is 0.196. The topological polar surface area (TPSA) is 115 Å². The van der Waals surface area contributed by atoms with Gasteiger partial charge in [0.25, 0.3) is 0 Å². The molecule has 2 aliphatic rings. The molecule has 0 atom stereocenters. The SMILES string of the molecule is CC(C)(C)OC(=O)Nc1nccc(C#N)c1-c1cc(C2CC2)cc(-c2ccc3c(c2)ncn3C2CCC(O[Si](C)(C)C(C)(C)C)CC2)n1. The molecule has 0 aliphatic heterocycles. The molecule has 2 saturated carbocycles. The van der Waals surface area contributed by atoms with Gasteiger partial charge in [0.05, 0.1) is 39.9 Å². The predicted octanol–water partition coefficient (Wildman–Crippen LogP) is 9.76. The number of hydrogen-bond acceptors (Lipinski definition) is 7. The molecule has 0 radical (unpaired) electrons. The number of carbonyl (C=O) groups is 1. The van der Waals surface area contributed by atoms with E-state index in [2.05, 4.69) is 79.1 Å². The molecule has 252 valence electrons. The molecule has 0 unspecified atom stereocenters. The number of rotatable bonds is 7. The number of nitrogens with zero attached hydrogens (tertiary/aromatic N) is 5. The largest absolute Gasteiger partial charge is 0.444 e. The fourth-order valence-electron chi connectivity index (χ4n) is 6.31. The molecule has 1 amide bonds. The first-order valence-electron chi connectivity index (χ1n) is 17.2. The number of pyridine rings is 2. The summed E-state index contributed by atoms with van der Waals surface area (Å²) in [4.78, 5) is 27.1. The molecule has 1 aromatic carbocycles. The minimum atomic E-state index is -1.79. The van der Waals surface area contributed by atoms with E-state index in [-0.39, 0.29) is 10.9 Å². The minimum absolute atomic E-state index is 0.213. The van der Waals surface area contributed by atoms with Crippen LogP contribution >= 0.6 is 0 Å². The molecule has 48 heavy (non-hydrogen) atoms. The van der Waals surface area contributed by atoms with Gasteiger partial charge in [0.2, 0.25) is 0 Å². The highest BCUT2D eigenvalue weighted by Crippen LogP contribution is 2.44. The first-order valence-corrected chi connectivity index (χ1v) is 20.1. The lowest BCUT2D eigenvalue weighted by Crippen LogP contribution is -2.44. The van der Waals surface area contributed by atoms with Crippen molar-refractivity contribution in [2.75, 3.05) is 5.32 Å². The van der Waals surface area contributed by atoms with E-state index in [9.17, 15) is 10.1 Å². The summed E-state index contributed by atoms with van der Waals surface area (Å²) in [6, 6.07) is 14.9. The molecule has 0 spiro atoms. The number of ether oxygens (including phenoxy) is 1. The van der Waals surface area contributed by atoms with E-state index in [4.69, 9.17) is 19.1 Å². The van der Waals surface area contributed by atoms with Gasteiger partial charge in [-0.25, -0.2) is 19.7 Å². The summed E-state index contributed by atoms with van der Waals surface area (Å²) in [5.41, 5.74) is 5.72. The Hall–Kier alpha value is -4.07. The van der Waals surface area contributed by atoms with E-state index in [1.54, 1.807) is 26.8 Å². The van der Waals surface area contributed by atoms with Gasteiger partial charge in [0.1, 0.15) is 17.5 Å². The lowest BCUT2D eigenvalue weighted by molar-refractivity contribution is 0.0635. The molecule has 3 heterocycles. The van der Waals surface area contributed by atoms with Crippen molar-refractivity contribution < 1.29 is 14.0 Å². The average Bonchev–Trinajstić information content (AvgIpc) is 3.78. The molecule has 3 aromatic heterocycles. The molecule has 10 heteroatoms. The highest BCUT2D eigenvalue weighted by atomic mass is 28.4. The van der Waals surface area contributed by atoms with E-state index in [0.29, 0.717) is 34.9 Å². The number of amides is 1. The maximum absolute atomic E-state index is 12.7. The van der Waals surface area contributed by atoms with Crippen LogP contribution in [-0.2, 0) is 9.16 Å². The number of aromatic nitrogens is 4. The number of imidazole rings is 1. The summed E-state index contributed by atoms with van der Waals surface area (Å²) in [6.07, 6.45) is 9.70. The number of anilines is 1. The van der Waals surface area contributed by atoms with Crippen LogP contribution in [0.15, 0.2) is 48.9 Å². The Morgan fingerprint density at radius 2 is 1.67 bits per heavy atom. The van der Waals surface area contributed by atoms with Crippen LogP contribution in [0.5, 0.6) is 0 Å². The summed E-state index contributed by atoms with van der Waals surface area (Å²) < 4.78 is 14.6. The van der Waals surface area contributed by atoms with Crippen LogP contribution in [-0.4, -0.2) is 45.6 Å². The van der Waals surface area contributed by atoms with Crippen molar-refractivity contribution in [1.82, 2.24) is 19.5 Å². The molecule has 0 bridgehead atoms. The number of nitrogens with one attached hydrogen (secondary N) is 1. The Morgan fingerprint density at radius 3 is 2.31 bits per heavy atom. The standard InChI is InChI=1S/C38H48N6O3Si/c1-37(2,3)46-36(45)43-35-34(26(22-39)17-18-40-35)32-21-27(24-9-10-24)20-30(42-32)25-11-16-33-31(19-25)41-23-44(33)28-12-14-29(15-13-28)47-48(7,8)38(4,5)6/h11,16-21,23-24,28-29H,9-10,12-15H2,1-8H3,(H,40,43,45). The summed E-state index contributed by atoms with van der Waals surface area (Å²) in [5.74, 6) is 0.682. The van der Waals surface area contributed by atoms with Crippen molar-refractivity contribution >= 4 is 31.3 Å². The van der Waals surface area contributed by atoms with Gasteiger partial charge in [0.15, 0.2) is 8.32 Å². The van der Waals surface area contributed by atoms with Crippen LogP contribution in [0, 0.1) is 11.3 Å². The number of fused-ring (bicyclic) bond motifs is 1. The third-order valence-corrected chi connectivity index (χ3v) is 14.6. The lowest BCUT2D eigenvalue weighted by atomic mass is 9.93. The van der Waals surface area contributed by atoms with Gasteiger partial charge in [-0.05, 0) is 119 Å². The maximum atomic E-state index is 12.7. The van der Waals surface area contributed by atoms with Crippen molar-refractivity contribution in [3.63, 3.8) is 0 Å². The Balaban J connectivity index is 1.28. The Kier molecular flexibility index (Phi) is 8.98. The van der Waals surface area contributed by atoms with Crippen LogP contribution in [0.3, 0.4) is 0 Å². The highest BCUT2D eigenvalue weighted by Gasteiger charge is 2.40. The predicted molar refractivity (Wildman–Crippen MR) is 192 cm³/mol. The smallest absolute Gasteiger partial charge is 0.413 e. The van der Waals surface area contributed by atoms with E-state index in [1.165, 1.54) is 6.20 Å². The van der Waals surface area contributed by atoms with E-state index < -0.39 is 20.0 Å². The Morgan fingerprint density at radius 1 is 0.958 bits per heavy atom. The second-order valence-electron chi connectivity index (χ2n) is 15.9. The van der Waals surface area contributed by atoms with Gasteiger partial charge in [-0.15, -0.1) is 0 Å². The third-order valence-electron chi connectivity index (χ3n) is 10.0. The van der Waals surface area contributed by atoms with Crippen molar-refractivity contribution in [3.8, 4) is 28.6 Å². The van der Waals surface area contributed by atoms with Crippen molar-refractivity contribution in [1.29, 1.82) is 5.26 Å². The van der Waals surface area contributed by atoms with Gasteiger partial charge in [-0.3, -0.25) is 5.32 Å².